The van der Waals surface area contributed by atoms with Gasteiger partial charge < -0.3 is 15.4 Å². The molecule has 2 fully saturated rings. The SMILES string of the molecule is CN1CC(Oc2cc(N(C)C3CCC(F)(F)CC3)nc(C(N)=S)n2)C1. The van der Waals surface area contributed by atoms with Crippen LogP contribution >= 0.6 is 12.2 Å². The van der Waals surface area contributed by atoms with Crippen molar-refractivity contribution in [3.63, 3.8) is 0 Å². The Bertz CT molecular complexity index is 643. The van der Waals surface area contributed by atoms with E-state index in [-0.39, 0.29) is 35.8 Å². The topological polar surface area (TPSA) is 67.5 Å². The molecule has 1 aromatic heterocycles. The molecule has 0 atom stereocenters. The van der Waals surface area contributed by atoms with E-state index in [2.05, 4.69) is 14.9 Å². The minimum absolute atomic E-state index is 0.00333. The number of aromatic nitrogens is 2. The van der Waals surface area contributed by atoms with E-state index >= 15 is 0 Å². The van der Waals surface area contributed by atoms with Crippen LogP contribution in [0.25, 0.3) is 0 Å². The number of likely N-dealkylation sites (tertiary alicyclic amines) is 1. The summed E-state index contributed by atoms with van der Waals surface area (Å²) in [5.41, 5.74) is 5.69. The summed E-state index contributed by atoms with van der Waals surface area (Å²) < 4.78 is 32.7. The zero-order chi connectivity index (χ0) is 18.2. The molecule has 2 heterocycles. The Kier molecular flexibility index (Phi) is 5.06. The number of nitrogens with zero attached hydrogens (tertiary/aromatic N) is 4. The fourth-order valence-corrected chi connectivity index (χ4v) is 3.34. The highest BCUT2D eigenvalue weighted by atomic mass is 32.1. The van der Waals surface area contributed by atoms with E-state index in [0.29, 0.717) is 24.5 Å². The van der Waals surface area contributed by atoms with Gasteiger partial charge in [-0.05, 0) is 19.9 Å². The summed E-state index contributed by atoms with van der Waals surface area (Å²) in [5.74, 6) is -1.31. The minimum Gasteiger partial charge on any atom is -0.471 e. The third-order valence-corrected chi connectivity index (χ3v) is 5.01. The average molecular weight is 371 g/mol. The molecule has 1 saturated carbocycles. The molecule has 138 valence electrons. The molecule has 0 unspecified atom stereocenters. The second-order valence-electron chi connectivity index (χ2n) is 6.91. The highest BCUT2D eigenvalue weighted by molar-refractivity contribution is 7.80. The van der Waals surface area contributed by atoms with Gasteiger partial charge in [-0.15, -0.1) is 0 Å². The standard InChI is InChI=1S/C16H23F2N5OS/c1-22-8-11(9-22)24-13-7-12(20-15(21-13)14(19)25)23(2)10-3-5-16(17,18)6-4-10/h7,10-11H,3-6,8-9H2,1-2H3,(H2,19,25). The average Bonchev–Trinajstić information content (AvgIpc) is 2.52. The van der Waals surface area contributed by atoms with Crippen molar-refractivity contribution in [1.82, 2.24) is 14.9 Å². The highest BCUT2D eigenvalue weighted by Gasteiger charge is 2.36. The van der Waals surface area contributed by atoms with Gasteiger partial charge in [-0.1, -0.05) is 12.2 Å². The molecule has 25 heavy (non-hydrogen) atoms. The molecule has 0 spiro atoms. The Morgan fingerprint density at radius 2 is 2.00 bits per heavy atom. The van der Waals surface area contributed by atoms with Gasteiger partial charge in [0.2, 0.25) is 11.8 Å². The molecule has 0 aromatic carbocycles. The van der Waals surface area contributed by atoms with Crippen molar-refractivity contribution in [2.75, 3.05) is 32.1 Å². The van der Waals surface area contributed by atoms with Crippen molar-refractivity contribution in [3.8, 4) is 5.88 Å². The van der Waals surface area contributed by atoms with Crippen LogP contribution in [-0.4, -0.2) is 65.1 Å². The van der Waals surface area contributed by atoms with Crippen LogP contribution in [0.2, 0.25) is 0 Å². The summed E-state index contributed by atoms with van der Waals surface area (Å²) in [4.78, 5) is 12.8. The predicted octanol–water partition coefficient (Wildman–Crippen LogP) is 1.82. The molecule has 1 aliphatic carbocycles. The zero-order valence-corrected chi connectivity index (χ0v) is 15.2. The normalized spacial score (nSPS) is 21.6. The Morgan fingerprint density at radius 1 is 1.36 bits per heavy atom. The second kappa shape index (κ2) is 6.95. The number of alkyl halides is 2. The first-order valence-electron chi connectivity index (χ1n) is 8.38. The van der Waals surface area contributed by atoms with Crippen molar-refractivity contribution in [2.24, 2.45) is 5.73 Å². The molecule has 0 bridgehead atoms. The molecule has 9 heteroatoms. The van der Waals surface area contributed by atoms with E-state index in [4.69, 9.17) is 22.7 Å². The van der Waals surface area contributed by atoms with Gasteiger partial charge in [0.15, 0.2) is 5.82 Å². The molecule has 3 rings (SSSR count). The lowest BCUT2D eigenvalue weighted by Gasteiger charge is -2.36. The number of ether oxygens (including phenoxy) is 1. The van der Waals surface area contributed by atoms with Crippen molar-refractivity contribution in [3.05, 3.63) is 11.9 Å². The molecular weight excluding hydrogens is 348 g/mol. The molecule has 6 nitrogen and oxygen atoms in total. The van der Waals surface area contributed by atoms with Gasteiger partial charge in [-0.25, -0.2) is 13.8 Å². The number of anilines is 1. The van der Waals surface area contributed by atoms with E-state index < -0.39 is 5.92 Å². The molecule has 0 amide bonds. The van der Waals surface area contributed by atoms with Crippen molar-refractivity contribution in [1.29, 1.82) is 0 Å². The monoisotopic (exact) mass is 371 g/mol. The number of rotatable bonds is 5. The third kappa shape index (κ3) is 4.33. The van der Waals surface area contributed by atoms with Gasteiger partial charge >= 0.3 is 0 Å². The largest absolute Gasteiger partial charge is 0.471 e. The van der Waals surface area contributed by atoms with Crippen molar-refractivity contribution in [2.45, 2.75) is 43.8 Å². The van der Waals surface area contributed by atoms with E-state index in [1.807, 2.05) is 19.0 Å². The fraction of sp³-hybridized carbons (Fsp3) is 0.688. The molecule has 1 aliphatic heterocycles. The Morgan fingerprint density at radius 3 is 2.56 bits per heavy atom. The van der Waals surface area contributed by atoms with Crippen molar-refractivity contribution < 1.29 is 13.5 Å². The lowest BCUT2D eigenvalue weighted by Crippen LogP contribution is -2.51. The maximum absolute atomic E-state index is 13.4. The maximum Gasteiger partial charge on any atom is 0.248 e. The quantitative estimate of drug-likeness (QED) is 0.792. The van der Waals surface area contributed by atoms with Crippen LogP contribution in [0, 0.1) is 0 Å². The third-order valence-electron chi connectivity index (χ3n) is 4.82. The Labute approximate surface area is 151 Å². The smallest absolute Gasteiger partial charge is 0.248 e. The van der Waals surface area contributed by atoms with Crippen LogP contribution in [-0.2, 0) is 0 Å². The lowest BCUT2D eigenvalue weighted by molar-refractivity contribution is -0.0378. The Balaban J connectivity index is 1.77. The van der Waals surface area contributed by atoms with Crippen LogP contribution in [0.4, 0.5) is 14.6 Å². The fourth-order valence-electron chi connectivity index (χ4n) is 3.25. The second-order valence-corrected chi connectivity index (χ2v) is 7.35. The van der Waals surface area contributed by atoms with Crippen LogP contribution < -0.4 is 15.4 Å². The number of halogens is 2. The van der Waals surface area contributed by atoms with Gasteiger partial charge in [-0.3, -0.25) is 4.90 Å². The molecule has 0 radical (unpaired) electrons. The lowest BCUT2D eigenvalue weighted by atomic mass is 9.91. The van der Waals surface area contributed by atoms with Crippen LogP contribution in [0.3, 0.4) is 0 Å². The number of thiocarbonyl (C=S) groups is 1. The zero-order valence-electron chi connectivity index (χ0n) is 14.4. The van der Waals surface area contributed by atoms with E-state index in [1.54, 1.807) is 6.07 Å². The first-order valence-corrected chi connectivity index (χ1v) is 8.79. The summed E-state index contributed by atoms with van der Waals surface area (Å²) >= 11 is 5.00. The number of likely N-dealkylation sites (N-methyl/N-ethyl adjacent to an activating group) is 1. The van der Waals surface area contributed by atoms with E-state index in [0.717, 1.165) is 13.1 Å². The van der Waals surface area contributed by atoms with Gasteiger partial charge in [0, 0.05) is 45.1 Å². The predicted molar refractivity (Wildman–Crippen MR) is 95.4 cm³/mol. The minimum atomic E-state index is -2.56. The number of hydrogen-bond acceptors (Lipinski definition) is 6. The van der Waals surface area contributed by atoms with E-state index in [1.165, 1.54) is 0 Å². The first kappa shape index (κ1) is 18.2. The van der Waals surface area contributed by atoms with Crippen LogP contribution in [0.5, 0.6) is 5.88 Å². The molecule has 2 N–H and O–H groups in total. The molecule has 2 aliphatic rings. The van der Waals surface area contributed by atoms with Gasteiger partial charge in [0.25, 0.3) is 0 Å². The van der Waals surface area contributed by atoms with Crippen molar-refractivity contribution >= 4 is 23.0 Å². The van der Waals surface area contributed by atoms with E-state index in [9.17, 15) is 8.78 Å². The maximum atomic E-state index is 13.4. The number of hydrogen-bond donors (Lipinski definition) is 1. The molecule has 1 saturated heterocycles. The number of nitrogens with two attached hydrogens (primary N) is 1. The summed E-state index contributed by atoms with van der Waals surface area (Å²) in [6, 6.07) is 1.73. The van der Waals surface area contributed by atoms with Crippen LogP contribution in [0.1, 0.15) is 31.5 Å². The first-order chi connectivity index (χ1) is 11.7. The van der Waals surface area contributed by atoms with Gasteiger partial charge in [0.05, 0.1) is 0 Å². The van der Waals surface area contributed by atoms with Crippen LogP contribution in [0.15, 0.2) is 6.07 Å². The molecular formula is C16H23F2N5OS. The van der Waals surface area contributed by atoms with Gasteiger partial charge in [-0.2, -0.15) is 4.98 Å². The van der Waals surface area contributed by atoms with Gasteiger partial charge in [0.1, 0.15) is 16.9 Å². The Hall–Kier alpha value is -1.61. The summed E-state index contributed by atoms with van der Waals surface area (Å²) in [6.45, 7) is 1.66. The molecule has 1 aromatic rings. The summed E-state index contributed by atoms with van der Waals surface area (Å²) in [6.07, 6.45) is 0.699. The summed E-state index contributed by atoms with van der Waals surface area (Å²) in [5, 5.41) is 0. The summed E-state index contributed by atoms with van der Waals surface area (Å²) in [7, 11) is 3.86. The highest BCUT2D eigenvalue weighted by Crippen LogP contribution is 2.36.